The van der Waals surface area contributed by atoms with Crippen LogP contribution in [0.4, 0.5) is 0 Å². The number of carbonyl (C=O) groups excluding carboxylic acids is 1. The first-order chi connectivity index (χ1) is 31.4. The molecule has 64 heavy (non-hydrogen) atoms. The Labute approximate surface area is 378 Å². The van der Waals surface area contributed by atoms with Crippen LogP contribution in [0.15, 0.2) is 109 Å². The molecule has 0 amide bonds. The predicted octanol–water partition coefficient (Wildman–Crippen LogP) is 6.60. The summed E-state index contributed by atoms with van der Waals surface area (Å²) in [4.78, 5) is 12.4. The summed E-state index contributed by atoms with van der Waals surface area (Å²) < 4.78 is 67.5. The summed E-state index contributed by atoms with van der Waals surface area (Å²) in [6.07, 6.45) is 0. The van der Waals surface area contributed by atoms with E-state index in [0.717, 1.165) is 29.8 Å². The topological polar surface area (TPSA) is 143 Å². The van der Waals surface area contributed by atoms with E-state index in [1.807, 2.05) is 66.7 Å². The van der Waals surface area contributed by atoms with E-state index in [2.05, 4.69) is 49.5 Å². The SMILES string of the molecule is Cc1cc(C)cc(C[NH2+]Cc2ccc(COC(=O)c3ccc4c(c3)COS(=O)C4)cc2)c1.c1ccc2c(c1)OCCOCCOCCOc1ccccc1OCCOCCOCCO2. The number of rotatable bonds is 7. The highest BCUT2D eigenvalue weighted by Crippen LogP contribution is 2.27. The number of hydrogen-bond acceptors (Lipinski definition) is 12. The minimum Gasteiger partial charge on any atom is -0.487 e. The van der Waals surface area contributed by atoms with Gasteiger partial charge in [0, 0.05) is 11.1 Å². The summed E-state index contributed by atoms with van der Waals surface area (Å²) in [5.74, 6) is 2.72. The Morgan fingerprint density at radius 1 is 0.531 bits per heavy atom. The summed E-state index contributed by atoms with van der Waals surface area (Å²) in [5.41, 5.74) is 8.45. The molecule has 1 atom stereocenters. The second-order valence-corrected chi connectivity index (χ2v) is 16.1. The fraction of sp³-hybridized carbons (Fsp3) is 0.380. The Morgan fingerprint density at radius 2 is 0.984 bits per heavy atom. The van der Waals surface area contributed by atoms with Crippen LogP contribution in [0.3, 0.4) is 0 Å². The number of benzene rings is 5. The van der Waals surface area contributed by atoms with Gasteiger partial charge >= 0.3 is 5.97 Å². The second-order valence-electron chi connectivity index (χ2n) is 15.0. The standard InChI is InChI=1S/C26H27NO4S.C24H32O8/c1-18-9-19(2)11-22(10-18)14-27-13-20-3-5-21(6-4-20)15-30-26(28)23-7-8-24-17-32(29)31-16-25(24)12-23;1-2-6-22-21(5-1)29-17-13-25-9-10-27-15-19-31-23-7-3-4-8-24(23)32-20-16-28-12-11-26-14-18-30-22/h3-12,27H,13-17H2,1-2H3;1-8H,9-20H2/p+1. The van der Waals surface area contributed by atoms with E-state index in [1.165, 1.54) is 22.3 Å². The van der Waals surface area contributed by atoms with Gasteiger partial charge in [0.2, 0.25) is 0 Å². The highest BCUT2D eigenvalue weighted by molar-refractivity contribution is 7.79. The van der Waals surface area contributed by atoms with Crippen molar-refractivity contribution in [1.29, 1.82) is 0 Å². The van der Waals surface area contributed by atoms with Gasteiger partial charge in [-0.1, -0.05) is 83.9 Å². The number of aryl methyl sites for hydroxylation is 2. The van der Waals surface area contributed by atoms with Crippen molar-refractivity contribution in [3.05, 3.63) is 154 Å². The van der Waals surface area contributed by atoms with Crippen LogP contribution in [0.25, 0.3) is 0 Å². The average Bonchev–Trinajstić information content (AvgIpc) is 3.30. The van der Waals surface area contributed by atoms with Gasteiger partial charge in [-0.3, -0.25) is 4.18 Å². The fourth-order valence-electron chi connectivity index (χ4n) is 6.79. The third-order valence-corrected chi connectivity index (χ3v) is 10.8. The van der Waals surface area contributed by atoms with E-state index < -0.39 is 11.1 Å². The Morgan fingerprint density at radius 3 is 1.48 bits per heavy atom. The van der Waals surface area contributed by atoms with E-state index >= 15 is 0 Å². The summed E-state index contributed by atoms with van der Waals surface area (Å²) in [5, 5.41) is 2.29. The Balaban J connectivity index is 0.000000213. The van der Waals surface area contributed by atoms with Gasteiger partial charge in [-0.05, 0) is 66.9 Å². The summed E-state index contributed by atoms with van der Waals surface area (Å²) in [6.45, 7) is 12.1. The summed E-state index contributed by atoms with van der Waals surface area (Å²) >= 11 is -1.28. The van der Waals surface area contributed by atoms with E-state index in [9.17, 15) is 9.00 Å². The minimum absolute atomic E-state index is 0.225. The number of para-hydroxylation sites is 4. The number of ether oxygens (including phenoxy) is 9. The Kier molecular flexibility index (Phi) is 20.4. The molecule has 1 unspecified atom stereocenters. The molecule has 0 bridgehead atoms. The average molecular weight is 899 g/mol. The Hall–Kier alpha value is -5.32. The zero-order valence-electron chi connectivity index (χ0n) is 36.8. The summed E-state index contributed by atoms with van der Waals surface area (Å²) in [6, 6.07) is 35.3. The van der Waals surface area contributed by atoms with E-state index in [-0.39, 0.29) is 19.2 Å². The molecular weight excluding hydrogens is 839 g/mol. The lowest BCUT2D eigenvalue weighted by atomic mass is 10.1. The molecule has 0 aromatic heterocycles. The molecule has 0 fully saturated rings. The van der Waals surface area contributed by atoms with E-state index in [1.54, 1.807) is 12.1 Å². The molecule has 2 N–H and O–H groups in total. The molecule has 0 spiro atoms. The number of esters is 1. The van der Waals surface area contributed by atoms with Crippen LogP contribution in [-0.4, -0.2) is 89.5 Å². The van der Waals surface area contributed by atoms with Crippen molar-refractivity contribution < 1.29 is 61.1 Å². The molecule has 2 heterocycles. The molecule has 5 aromatic rings. The second kappa shape index (κ2) is 27.1. The van der Waals surface area contributed by atoms with E-state index in [4.69, 9.17) is 46.8 Å². The monoisotopic (exact) mass is 898 g/mol. The van der Waals surface area contributed by atoms with Gasteiger partial charge in [0.25, 0.3) is 0 Å². The van der Waals surface area contributed by atoms with Gasteiger partial charge in [-0.25, -0.2) is 9.00 Å². The highest BCUT2D eigenvalue weighted by atomic mass is 32.2. The maximum atomic E-state index is 12.4. The maximum Gasteiger partial charge on any atom is 0.338 e. The third kappa shape index (κ3) is 17.0. The zero-order chi connectivity index (χ0) is 44.6. The molecule has 2 aliphatic heterocycles. The predicted molar refractivity (Wildman–Crippen MR) is 242 cm³/mol. The summed E-state index contributed by atoms with van der Waals surface area (Å²) in [7, 11) is 0. The molecular formula is C50H60NO12S+. The van der Waals surface area contributed by atoms with Gasteiger partial charge in [-0.15, -0.1) is 0 Å². The first-order valence-corrected chi connectivity index (χ1v) is 22.9. The quantitative estimate of drug-likeness (QED) is 0.176. The molecule has 0 radical (unpaired) electrons. The van der Waals surface area contributed by atoms with Crippen molar-refractivity contribution in [2.24, 2.45) is 0 Å². The van der Waals surface area contributed by atoms with Crippen LogP contribution < -0.4 is 24.3 Å². The lowest BCUT2D eigenvalue weighted by Gasteiger charge is -2.16. The van der Waals surface area contributed by atoms with Crippen LogP contribution in [0.1, 0.15) is 49.3 Å². The van der Waals surface area contributed by atoms with Gasteiger partial charge in [0.05, 0.1) is 70.8 Å². The molecule has 342 valence electrons. The zero-order valence-corrected chi connectivity index (χ0v) is 37.6. The van der Waals surface area contributed by atoms with E-state index in [0.29, 0.717) is 114 Å². The third-order valence-electron chi connectivity index (χ3n) is 9.88. The van der Waals surface area contributed by atoms with Crippen molar-refractivity contribution >= 4 is 17.0 Å². The molecule has 5 aromatic carbocycles. The first kappa shape index (κ1) is 48.1. The van der Waals surface area contributed by atoms with Gasteiger partial charge in [0.15, 0.2) is 34.1 Å². The van der Waals surface area contributed by atoms with Crippen LogP contribution in [0, 0.1) is 13.8 Å². The van der Waals surface area contributed by atoms with Crippen LogP contribution in [0.5, 0.6) is 23.0 Å². The lowest BCUT2D eigenvalue weighted by Crippen LogP contribution is -2.80. The smallest absolute Gasteiger partial charge is 0.338 e. The molecule has 7 rings (SSSR count). The molecule has 0 saturated carbocycles. The first-order valence-electron chi connectivity index (χ1n) is 21.7. The van der Waals surface area contributed by atoms with Crippen LogP contribution >= 0.6 is 0 Å². The van der Waals surface area contributed by atoms with Crippen molar-refractivity contribution in [2.45, 2.75) is 45.9 Å². The number of carbonyl (C=O) groups is 1. The van der Waals surface area contributed by atoms with Crippen LogP contribution in [-0.2, 0) is 71.0 Å². The van der Waals surface area contributed by atoms with Crippen molar-refractivity contribution in [3.8, 4) is 23.0 Å². The lowest BCUT2D eigenvalue weighted by molar-refractivity contribution is -0.686. The van der Waals surface area contributed by atoms with Crippen molar-refractivity contribution in [2.75, 3.05) is 79.3 Å². The van der Waals surface area contributed by atoms with Gasteiger partial charge in [-0.2, -0.15) is 0 Å². The molecule has 14 heteroatoms. The van der Waals surface area contributed by atoms with Gasteiger partial charge in [0.1, 0.15) is 46.1 Å². The molecule has 13 nitrogen and oxygen atoms in total. The highest BCUT2D eigenvalue weighted by Gasteiger charge is 2.18. The van der Waals surface area contributed by atoms with Crippen molar-refractivity contribution in [1.82, 2.24) is 0 Å². The molecule has 2 aliphatic rings. The maximum absolute atomic E-state index is 12.4. The molecule has 0 saturated heterocycles. The minimum atomic E-state index is -1.28. The van der Waals surface area contributed by atoms with Crippen molar-refractivity contribution in [3.63, 3.8) is 0 Å². The van der Waals surface area contributed by atoms with Gasteiger partial charge < -0.3 is 47.9 Å². The fourth-order valence-corrected chi connectivity index (χ4v) is 7.66. The van der Waals surface area contributed by atoms with Crippen LogP contribution in [0.2, 0.25) is 0 Å². The number of nitrogens with two attached hydrogens (primary N) is 1. The normalized spacial score (nSPS) is 16.8. The number of hydrogen-bond donors (Lipinski definition) is 1. The Bertz CT molecular complexity index is 2050. The largest absolute Gasteiger partial charge is 0.487 e. The molecule has 0 aliphatic carbocycles. The number of quaternary nitrogens is 1. The number of fused-ring (bicyclic) bond motifs is 3.